The Morgan fingerprint density at radius 1 is 1.40 bits per heavy atom. The summed E-state index contributed by atoms with van der Waals surface area (Å²) in [5.74, 6) is -0.197. The summed E-state index contributed by atoms with van der Waals surface area (Å²) in [6, 6.07) is 5.20. The van der Waals surface area contributed by atoms with Crippen molar-refractivity contribution < 1.29 is 4.39 Å². The molecule has 15 heavy (non-hydrogen) atoms. The molecule has 0 heterocycles. The van der Waals surface area contributed by atoms with E-state index in [0.717, 1.165) is 29.4 Å². The number of benzene rings is 1. The zero-order valence-electron chi connectivity index (χ0n) is 9.19. The van der Waals surface area contributed by atoms with E-state index in [0.29, 0.717) is 6.04 Å². The molecule has 1 aromatic rings. The van der Waals surface area contributed by atoms with E-state index in [9.17, 15) is 4.39 Å². The molecule has 1 N–H and O–H groups in total. The summed E-state index contributed by atoms with van der Waals surface area (Å²) < 4.78 is 13.8. The highest BCUT2D eigenvalue weighted by Gasteiger charge is 2.12. The van der Waals surface area contributed by atoms with Gasteiger partial charge < -0.3 is 5.32 Å². The summed E-state index contributed by atoms with van der Waals surface area (Å²) in [5, 5.41) is 3.41. The first-order chi connectivity index (χ1) is 7.19. The maximum Gasteiger partial charge on any atom is 0.124 e. The van der Waals surface area contributed by atoms with Gasteiger partial charge >= 0.3 is 0 Å². The molecule has 0 aliphatic rings. The second kappa shape index (κ2) is 6.23. The van der Waals surface area contributed by atoms with Crippen molar-refractivity contribution in [1.82, 2.24) is 5.32 Å². The van der Waals surface area contributed by atoms with Crippen molar-refractivity contribution in [2.24, 2.45) is 0 Å². The Morgan fingerprint density at radius 3 is 2.67 bits per heavy atom. The normalized spacial score (nSPS) is 12.8. The Balaban J connectivity index is 2.89. The van der Waals surface area contributed by atoms with Crippen LogP contribution in [-0.4, -0.2) is 6.54 Å². The third-order valence-corrected chi connectivity index (χ3v) is 3.05. The zero-order chi connectivity index (χ0) is 11.3. The van der Waals surface area contributed by atoms with Crippen LogP contribution in [0.3, 0.4) is 0 Å². The van der Waals surface area contributed by atoms with Gasteiger partial charge in [0.25, 0.3) is 0 Å². The topological polar surface area (TPSA) is 12.0 Å². The van der Waals surface area contributed by atoms with Crippen LogP contribution in [0.15, 0.2) is 22.7 Å². The quantitative estimate of drug-likeness (QED) is 0.854. The largest absolute Gasteiger partial charge is 0.310 e. The molecule has 0 aromatic heterocycles. The lowest BCUT2D eigenvalue weighted by Crippen LogP contribution is -2.21. The van der Waals surface area contributed by atoms with Crippen molar-refractivity contribution in [2.75, 3.05) is 6.54 Å². The standard InChI is InChI=1S/C12H17BrFN/c1-3-5-12(15-4-2)10-7-6-9(14)8-11(10)13/h6-8,12,15H,3-5H2,1-2H3. The highest BCUT2D eigenvalue weighted by molar-refractivity contribution is 9.10. The van der Waals surface area contributed by atoms with Crippen LogP contribution < -0.4 is 5.32 Å². The van der Waals surface area contributed by atoms with Crippen LogP contribution in [-0.2, 0) is 0 Å². The van der Waals surface area contributed by atoms with Gasteiger partial charge in [-0.05, 0) is 30.7 Å². The molecule has 0 fully saturated rings. The van der Waals surface area contributed by atoms with Crippen molar-refractivity contribution in [3.63, 3.8) is 0 Å². The first-order valence-corrected chi connectivity index (χ1v) is 6.16. The molecule has 3 heteroatoms. The van der Waals surface area contributed by atoms with E-state index in [2.05, 4.69) is 35.1 Å². The SMILES string of the molecule is CCCC(NCC)c1ccc(F)cc1Br. The highest BCUT2D eigenvalue weighted by atomic mass is 79.9. The molecule has 0 saturated heterocycles. The fraction of sp³-hybridized carbons (Fsp3) is 0.500. The number of nitrogens with one attached hydrogen (secondary N) is 1. The van der Waals surface area contributed by atoms with E-state index in [4.69, 9.17) is 0 Å². The molecule has 0 spiro atoms. The van der Waals surface area contributed by atoms with Crippen LogP contribution in [0.4, 0.5) is 4.39 Å². The minimum Gasteiger partial charge on any atom is -0.310 e. The lowest BCUT2D eigenvalue weighted by atomic mass is 10.0. The van der Waals surface area contributed by atoms with Gasteiger partial charge in [0.1, 0.15) is 5.82 Å². The van der Waals surface area contributed by atoms with E-state index in [1.54, 1.807) is 0 Å². The molecule has 0 aliphatic carbocycles. The second-order valence-electron chi connectivity index (χ2n) is 3.56. The Kier molecular flexibility index (Phi) is 5.26. The lowest BCUT2D eigenvalue weighted by molar-refractivity contribution is 0.506. The second-order valence-corrected chi connectivity index (χ2v) is 4.42. The third kappa shape index (κ3) is 3.58. The van der Waals surface area contributed by atoms with Gasteiger partial charge in [0.2, 0.25) is 0 Å². The minimum absolute atomic E-state index is 0.197. The van der Waals surface area contributed by atoms with Gasteiger partial charge in [-0.25, -0.2) is 4.39 Å². The summed E-state index contributed by atoms with van der Waals surface area (Å²) in [6.07, 6.45) is 2.18. The Labute approximate surface area is 99.2 Å². The van der Waals surface area contributed by atoms with Crippen molar-refractivity contribution in [2.45, 2.75) is 32.7 Å². The van der Waals surface area contributed by atoms with E-state index < -0.39 is 0 Å². The number of rotatable bonds is 5. The fourth-order valence-electron chi connectivity index (χ4n) is 1.69. The zero-order valence-corrected chi connectivity index (χ0v) is 10.8. The van der Waals surface area contributed by atoms with Crippen LogP contribution >= 0.6 is 15.9 Å². The first kappa shape index (κ1) is 12.7. The number of halogens is 2. The lowest BCUT2D eigenvalue weighted by Gasteiger charge is -2.19. The molecule has 84 valence electrons. The van der Waals surface area contributed by atoms with Crippen LogP contribution in [0.5, 0.6) is 0 Å². The summed E-state index contributed by atoms with van der Waals surface area (Å²) in [4.78, 5) is 0. The Hall–Kier alpha value is -0.410. The van der Waals surface area contributed by atoms with Crippen molar-refractivity contribution >= 4 is 15.9 Å². The maximum atomic E-state index is 12.9. The first-order valence-electron chi connectivity index (χ1n) is 5.37. The summed E-state index contributed by atoms with van der Waals surface area (Å²) in [7, 11) is 0. The average Bonchev–Trinajstić information content (AvgIpc) is 2.17. The van der Waals surface area contributed by atoms with Crippen molar-refractivity contribution in [3.8, 4) is 0 Å². The molecule has 1 rings (SSSR count). The van der Waals surface area contributed by atoms with Gasteiger partial charge in [-0.2, -0.15) is 0 Å². The predicted molar refractivity (Wildman–Crippen MR) is 65.4 cm³/mol. The summed E-state index contributed by atoms with van der Waals surface area (Å²) in [6.45, 7) is 5.16. The molecule has 0 radical (unpaired) electrons. The van der Waals surface area contributed by atoms with Gasteiger partial charge in [-0.3, -0.25) is 0 Å². The maximum absolute atomic E-state index is 12.9. The van der Waals surface area contributed by atoms with Gasteiger partial charge in [0, 0.05) is 10.5 Å². The molecule has 1 unspecified atom stereocenters. The smallest absolute Gasteiger partial charge is 0.124 e. The number of hydrogen-bond acceptors (Lipinski definition) is 1. The highest BCUT2D eigenvalue weighted by Crippen LogP contribution is 2.27. The Bertz CT molecular complexity index is 308. The van der Waals surface area contributed by atoms with E-state index >= 15 is 0 Å². The molecule has 0 amide bonds. The summed E-state index contributed by atoms with van der Waals surface area (Å²) in [5.41, 5.74) is 1.14. The van der Waals surface area contributed by atoms with Gasteiger partial charge in [-0.1, -0.05) is 42.3 Å². The van der Waals surface area contributed by atoms with Crippen LogP contribution in [0.1, 0.15) is 38.3 Å². The van der Waals surface area contributed by atoms with Crippen LogP contribution in [0.2, 0.25) is 0 Å². The van der Waals surface area contributed by atoms with Gasteiger partial charge in [0.15, 0.2) is 0 Å². The van der Waals surface area contributed by atoms with E-state index in [1.807, 2.05) is 6.07 Å². The molecule has 0 saturated carbocycles. The fourth-order valence-corrected chi connectivity index (χ4v) is 2.31. The molecule has 0 aliphatic heterocycles. The summed E-state index contributed by atoms with van der Waals surface area (Å²) >= 11 is 3.41. The monoisotopic (exact) mass is 273 g/mol. The molecule has 1 aromatic carbocycles. The molecule has 0 bridgehead atoms. The van der Waals surface area contributed by atoms with Gasteiger partial charge in [0.05, 0.1) is 0 Å². The van der Waals surface area contributed by atoms with Crippen molar-refractivity contribution in [3.05, 3.63) is 34.1 Å². The molecular weight excluding hydrogens is 257 g/mol. The van der Waals surface area contributed by atoms with Crippen LogP contribution in [0.25, 0.3) is 0 Å². The number of hydrogen-bond donors (Lipinski definition) is 1. The van der Waals surface area contributed by atoms with E-state index in [1.165, 1.54) is 12.1 Å². The van der Waals surface area contributed by atoms with E-state index in [-0.39, 0.29) is 5.82 Å². The Morgan fingerprint density at radius 2 is 2.13 bits per heavy atom. The molecule has 1 atom stereocenters. The van der Waals surface area contributed by atoms with Gasteiger partial charge in [-0.15, -0.1) is 0 Å². The molecule has 1 nitrogen and oxygen atoms in total. The minimum atomic E-state index is -0.197. The van der Waals surface area contributed by atoms with Crippen molar-refractivity contribution in [1.29, 1.82) is 0 Å². The molecular formula is C12H17BrFN. The third-order valence-electron chi connectivity index (χ3n) is 2.37. The predicted octanol–water partition coefficient (Wildman–Crippen LogP) is 4.04. The van der Waals surface area contributed by atoms with Crippen LogP contribution in [0, 0.1) is 5.82 Å². The average molecular weight is 274 g/mol.